The van der Waals surface area contributed by atoms with Crippen LogP contribution in [0.3, 0.4) is 0 Å². The second-order valence-electron chi connectivity index (χ2n) is 3.32. The molecule has 16 heavy (non-hydrogen) atoms. The first kappa shape index (κ1) is 13.1. The largest absolute Gasteiger partial charge is 0.481 e. The van der Waals surface area contributed by atoms with Gasteiger partial charge in [0.1, 0.15) is 0 Å². The number of carboxylic acid groups (broad SMARTS) is 1. The summed E-state index contributed by atoms with van der Waals surface area (Å²) in [4.78, 5) is 10.4. The third-order valence-corrected chi connectivity index (χ3v) is 2.47. The third kappa shape index (κ3) is 3.53. The Morgan fingerprint density at radius 3 is 2.44 bits per heavy atom. The normalized spacial score (nSPS) is 12.8. The van der Waals surface area contributed by atoms with Gasteiger partial charge in [-0.1, -0.05) is 15.9 Å². The summed E-state index contributed by atoms with van der Waals surface area (Å²) in [5.41, 5.74) is 5.79. The zero-order valence-electron chi connectivity index (χ0n) is 8.16. The standard InChI is InChI=1S/C10H10BrF2NO2/c11-7-2-5(8(14)4-9(15)16)1-6(3-7)10(12)13/h1-3,8,10H,4,14H2,(H,15,16)/t8-/m0/s1. The Morgan fingerprint density at radius 2 is 1.94 bits per heavy atom. The molecule has 1 atom stereocenters. The van der Waals surface area contributed by atoms with Crippen LogP contribution in [0, 0.1) is 0 Å². The second-order valence-corrected chi connectivity index (χ2v) is 4.24. The van der Waals surface area contributed by atoms with Gasteiger partial charge in [-0.3, -0.25) is 4.79 Å². The van der Waals surface area contributed by atoms with Gasteiger partial charge in [-0.25, -0.2) is 8.78 Å². The highest BCUT2D eigenvalue weighted by molar-refractivity contribution is 9.10. The van der Waals surface area contributed by atoms with Crippen LogP contribution in [0.2, 0.25) is 0 Å². The summed E-state index contributed by atoms with van der Waals surface area (Å²) in [6.07, 6.45) is -2.90. The van der Waals surface area contributed by atoms with Crippen molar-refractivity contribution in [3.05, 3.63) is 33.8 Å². The Morgan fingerprint density at radius 1 is 1.38 bits per heavy atom. The monoisotopic (exact) mass is 293 g/mol. The van der Waals surface area contributed by atoms with E-state index in [0.29, 0.717) is 10.0 Å². The first-order valence-corrected chi connectivity index (χ1v) is 5.25. The summed E-state index contributed by atoms with van der Waals surface area (Å²) in [6, 6.07) is 3.26. The van der Waals surface area contributed by atoms with E-state index in [1.54, 1.807) is 6.07 Å². The lowest BCUT2D eigenvalue weighted by Gasteiger charge is -2.11. The van der Waals surface area contributed by atoms with E-state index in [4.69, 9.17) is 10.8 Å². The SMILES string of the molecule is N[C@@H](CC(=O)O)c1cc(Br)cc(C(F)F)c1. The van der Waals surface area contributed by atoms with Crippen molar-refractivity contribution in [2.24, 2.45) is 5.73 Å². The smallest absolute Gasteiger partial charge is 0.305 e. The molecular formula is C10H10BrF2NO2. The number of hydrogen-bond acceptors (Lipinski definition) is 2. The molecule has 88 valence electrons. The van der Waals surface area contributed by atoms with E-state index in [1.807, 2.05) is 0 Å². The van der Waals surface area contributed by atoms with E-state index in [-0.39, 0.29) is 12.0 Å². The van der Waals surface area contributed by atoms with Gasteiger partial charge in [0.2, 0.25) is 0 Å². The number of benzene rings is 1. The third-order valence-electron chi connectivity index (χ3n) is 2.02. The lowest BCUT2D eigenvalue weighted by molar-refractivity contribution is -0.137. The topological polar surface area (TPSA) is 63.3 Å². The number of halogens is 3. The van der Waals surface area contributed by atoms with Gasteiger partial charge in [0.05, 0.1) is 6.42 Å². The Balaban J connectivity index is 2.99. The van der Waals surface area contributed by atoms with Crippen LogP contribution in [0.15, 0.2) is 22.7 Å². The Hall–Kier alpha value is -1.01. The minimum atomic E-state index is -2.60. The molecule has 0 aliphatic carbocycles. The first-order valence-electron chi connectivity index (χ1n) is 4.46. The van der Waals surface area contributed by atoms with Crippen molar-refractivity contribution >= 4 is 21.9 Å². The molecule has 0 radical (unpaired) electrons. The molecule has 6 heteroatoms. The molecule has 0 aliphatic rings. The summed E-state index contributed by atoms with van der Waals surface area (Å²) in [5, 5.41) is 8.55. The minimum absolute atomic E-state index is 0.176. The molecule has 0 aromatic heterocycles. The molecule has 0 saturated carbocycles. The van der Waals surface area contributed by atoms with Gasteiger partial charge in [0.25, 0.3) is 6.43 Å². The molecule has 0 unspecified atom stereocenters. The fraction of sp³-hybridized carbons (Fsp3) is 0.300. The predicted octanol–water partition coefficient (Wildman–Crippen LogP) is 2.86. The van der Waals surface area contributed by atoms with Crippen molar-refractivity contribution in [1.82, 2.24) is 0 Å². The summed E-state index contributed by atoms with van der Waals surface area (Å²) in [5.74, 6) is -1.06. The van der Waals surface area contributed by atoms with Crippen molar-refractivity contribution in [3.8, 4) is 0 Å². The Kier molecular flexibility index (Phi) is 4.37. The Labute approximate surface area is 99.4 Å². The number of nitrogens with two attached hydrogens (primary N) is 1. The molecular weight excluding hydrogens is 284 g/mol. The molecule has 0 heterocycles. The fourth-order valence-electron chi connectivity index (χ4n) is 1.28. The van der Waals surface area contributed by atoms with Crippen LogP contribution in [-0.2, 0) is 4.79 Å². The predicted molar refractivity (Wildman–Crippen MR) is 58.3 cm³/mol. The maximum absolute atomic E-state index is 12.5. The van der Waals surface area contributed by atoms with E-state index < -0.39 is 18.4 Å². The van der Waals surface area contributed by atoms with Crippen molar-refractivity contribution in [2.45, 2.75) is 18.9 Å². The van der Waals surface area contributed by atoms with Crippen LogP contribution in [0.1, 0.15) is 30.0 Å². The van der Waals surface area contributed by atoms with Crippen LogP contribution in [-0.4, -0.2) is 11.1 Å². The second kappa shape index (κ2) is 5.36. The maximum Gasteiger partial charge on any atom is 0.305 e. The summed E-state index contributed by atoms with van der Waals surface area (Å²) in [6.45, 7) is 0. The van der Waals surface area contributed by atoms with Gasteiger partial charge >= 0.3 is 5.97 Å². The molecule has 1 rings (SSSR count). The van der Waals surface area contributed by atoms with Crippen LogP contribution >= 0.6 is 15.9 Å². The van der Waals surface area contributed by atoms with Crippen LogP contribution in [0.25, 0.3) is 0 Å². The maximum atomic E-state index is 12.5. The van der Waals surface area contributed by atoms with E-state index in [9.17, 15) is 13.6 Å². The average molecular weight is 294 g/mol. The van der Waals surface area contributed by atoms with Crippen molar-refractivity contribution < 1.29 is 18.7 Å². The van der Waals surface area contributed by atoms with E-state index in [1.165, 1.54) is 12.1 Å². The lowest BCUT2D eigenvalue weighted by Crippen LogP contribution is -2.15. The highest BCUT2D eigenvalue weighted by Gasteiger charge is 2.15. The highest BCUT2D eigenvalue weighted by Crippen LogP contribution is 2.27. The van der Waals surface area contributed by atoms with E-state index in [0.717, 1.165) is 0 Å². The van der Waals surface area contributed by atoms with Crippen molar-refractivity contribution in [1.29, 1.82) is 0 Å². The zero-order valence-corrected chi connectivity index (χ0v) is 9.75. The molecule has 0 aliphatic heterocycles. The van der Waals surface area contributed by atoms with Gasteiger partial charge in [0, 0.05) is 16.1 Å². The number of carboxylic acids is 1. The quantitative estimate of drug-likeness (QED) is 0.897. The average Bonchev–Trinajstić information content (AvgIpc) is 2.15. The molecule has 0 fully saturated rings. The number of carbonyl (C=O) groups is 1. The van der Waals surface area contributed by atoms with Gasteiger partial charge in [-0.2, -0.15) is 0 Å². The van der Waals surface area contributed by atoms with Gasteiger partial charge in [-0.15, -0.1) is 0 Å². The lowest BCUT2D eigenvalue weighted by atomic mass is 10.0. The fourth-order valence-corrected chi connectivity index (χ4v) is 1.81. The molecule has 0 saturated heterocycles. The van der Waals surface area contributed by atoms with Crippen molar-refractivity contribution in [2.75, 3.05) is 0 Å². The number of aliphatic carboxylic acids is 1. The molecule has 0 bridgehead atoms. The number of alkyl halides is 2. The van der Waals surface area contributed by atoms with Gasteiger partial charge in [-0.05, 0) is 23.8 Å². The van der Waals surface area contributed by atoms with E-state index in [2.05, 4.69) is 15.9 Å². The summed E-state index contributed by atoms with van der Waals surface area (Å²) < 4.78 is 25.4. The first-order chi connectivity index (χ1) is 7.40. The number of hydrogen-bond donors (Lipinski definition) is 2. The molecule has 1 aromatic carbocycles. The summed E-state index contributed by atoms with van der Waals surface area (Å²) in [7, 11) is 0. The molecule has 0 spiro atoms. The van der Waals surface area contributed by atoms with Gasteiger partial charge in [0.15, 0.2) is 0 Å². The minimum Gasteiger partial charge on any atom is -0.481 e. The zero-order chi connectivity index (χ0) is 12.3. The highest BCUT2D eigenvalue weighted by atomic mass is 79.9. The van der Waals surface area contributed by atoms with E-state index >= 15 is 0 Å². The Bertz CT molecular complexity index is 398. The summed E-state index contributed by atoms with van der Waals surface area (Å²) >= 11 is 3.08. The number of rotatable bonds is 4. The molecule has 1 aromatic rings. The van der Waals surface area contributed by atoms with Crippen molar-refractivity contribution in [3.63, 3.8) is 0 Å². The van der Waals surface area contributed by atoms with Gasteiger partial charge < -0.3 is 10.8 Å². The van der Waals surface area contributed by atoms with Crippen LogP contribution in [0.5, 0.6) is 0 Å². The molecule has 0 amide bonds. The molecule has 3 nitrogen and oxygen atoms in total. The molecule has 3 N–H and O–H groups in total. The van der Waals surface area contributed by atoms with Crippen LogP contribution < -0.4 is 5.73 Å². The van der Waals surface area contributed by atoms with Crippen LogP contribution in [0.4, 0.5) is 8.78 Å².